The zero-order valence-electron chi connectivity index (χ0n) is 12.3. The highest BCUT2D eigenvalue weighted by atomic mass is 15.3. The molecule has 3 rings (SSSR count). The second-order valence-corrected chi connectivity index (χ2v) is 5.52. The van der Waals surface area contributed by atoms with Crippen LogP contribution in [-0.2, 0) is 32.9 Å². The van der Waals surface area contributed by atoms with Gasteiger partial charge in [0.05, 0.1) is 17.6 Å². The Kier molecular flexibility index (Phi) is 3.72. The maximum absolute atomic E-state index is 4.60. The van der Waals surface area contributed by atoms with E-state index in [-0.39, 0.29) is 0 Å². The first-order valence-corrected chi connectivity index (χ1v) is 7.49. The van der Waals surface area contributed by atoms with Crippen molar-refractivity contribution in [3.63, 3.8) is 0 Å². The molecule has 1 N–H and O–H groups in total. The number of aromatic nitrogens is 3. The van der Waals surface area contributed by atoms with Crippen molar-refractivity contribution in [2.75, 3.05) is 5.32 Å². The Morgan fingerprint density at radius 1 is 1.30 bits per heavy atom. The van der Waals surface area contributed by atoms with E-state index < -0.39 is 0 Å². The molecule has 0 bridgehead atoms. The Bertz CT molecular complexity index is 601. The summed E-state index contributed by atoms with van der Waals surface area (Å²) in [7, 11) is 1.98. The summed E-state index contributed by atoms with van der Waals surface area (Å²) in [5.41, 5.74) is 6.27. The van der Waals surface area contributed by atoms with Crippen LogP contribution in [0.25, 0.3) is 0 Å². The quantitative estimate of drug-likeness (QED) is 0.929. The largest absolute Gasteiger partial charge is 0.380 e. The van der Waals surface area contributed by atoms with Gasteiger partial charge < -0.3 is 5.32 Å². The lowest BCUT2D eigenvalue weighted by atomic mass is 9.96. The summed E-state index contributed by atoms with van der Waals surface area (Å²) in [6.07, 6.45) is 9.91. The zero-order valence-corrected chi connectivity index (χ0v) is 12.3. The van der Waals surface area contributed by atoms with Gasteiger partial charge in [-0.15, -0.1) is 0 Å². The zero-order chi connectivity index (χ0) is 13.9. The average Bonchev–Trinajstić information content (AvgIpc) is 2.85. The number of pyridine rings is 1. The minimum absolute atomic E-state index is 0.817. The van der Waals surface area contributed by atoms with Crippen LogP contribution in [0.15, 0.2) is 18.5 Å². The third-order valence-corrected chi connectivity index (χ3v) is 3.98. The lowest BCUT2D eigenvalue weighted by Gasteiger charge is -2.16. The van der Waals surface area contributed by atoms with Crippen molar-refractivity contribution in [2.45, 2.75) is 45.6 Å². The van der Waals surface area contributed by atoms with Crippen LogP contribution in [0.2, 0.25) is 0 Å². The van der Waals surface area contributed by atoms with Gasteiger partial charge in [-0.25, -0.2) is 0 Å². The van der Waals surface area contributed by atoms with Crippen molar-refractivity contribution >= 4 is 5.69 Å². The van der Waals surface area contributed by atoms with Gasteiger partial charge in [0, 0.05) is 31.0 Å². The molecule has 0 saturated carbocycles. The topological polar surface area (TPSA) is 42.7 Å². The maximum atomic E-state index is 4.60. The van der Waals surface area contributed by atoms with E-state index in [0.29, 0.717) is 0 Å². The van der Waals surface area contributed by atoms with Crippen LogP contribution < -0.4 is 5.32 Å². The Morgan fingerprint density at radius 3 is 3.00 bits per heavy atom. The summed E-state index contributed by atoms with van der Waals surface area (Å²) in [6, 6.07) is 2.27. The monoisotopic (exact) mass is 270 g/mol. The number of fused-ring (bicyclic) bond motifs is 1. The first kappa shape index (κ1) is 13.2. The van der Waals surface area contributed by atoms with E-state index in [4.69, 9.17) is 0 Å². The number of rotatable bonds is 4. The van der Waals surface area contributed by atoms with Gasteiger partial charge in [-0.1, -0.05) is 6.92 Å². The van der Waals surface area contributed by atoms with Crippen LogP contribution in [-0.4, -0.2) is 14.8 Å². The molecule has 0 fully saturated rings. The summed E-state index contributed by atoms with van der Waals surface area (Å²) in [5.74, 6) is 0. The molecule has 106 valence electrons. The Hall–Kier alpha value is -1.84. The molecule has 2 heterocycles. The summed E-state index contributed by atoms with van der Waals surface area (Å²) < 4.78 is 1.89. The average molecular weight is 270 g/mol. The fraction of sp³-hybridized carbons (Fsp3) is 0.500. The third kappa shape index (κ3) is 2.69. The molecule has 0 aliphatic heterocycles. The third-order valence-electron chi connectivity index (χ3n) is 3.98. The van der Waals surface area contributed by atoms with Crippen LogP contribution in [0, 0.1) is 0 Å². The van der Waals surface area contributed by atoms with Crippen molar-refractivity contribution in [3.05, 3.63) is 41.0 Å². The number of nitrogens with zero attached hydrogens (tertiary/aromatic N) is 3. The molecule has 0 atom stereocenters. The van der Waals surface area contributed by atoms with E-state index in [1.165, 1.54) is 41.8 Å². The first-order valence-electron chi connectivity index (χ1n) is 7.49. The Balaban J connectivity index is 1.71. The maximum Gasteiger partial charge on any atom is 0.0671 e. The lowest BCUT2D eigenvalue weighted by molar-refractivity contribution is 0.668. The Labute approximate surface area is 120 Å². The highest BCUT2D eigenvalue weighted by Gasteiger charge is 2.11. The summed E-state index contributed by atoms with van der Waals surface area (Å²) in [6.45, 7) is 2.96. The van der Waals surface area contributed by atoms with Crippen LogP contribution in [0.5, 0.6) is 0 Å². The van der Waals surface area contributed by atoms with Gasteiger partial charge in [0.25, 0.3) is 0 Å². The van der Waals surface area contributed by atoms with Gasteiger partial charge in [0.15, 0.2) is 0 Å². The number of nitrogens with one attached hydrogen (secondary N) is 1. The highest BCUT2D eigenvalue weighted by Crippen LogP contribution is 2.22. The van der Waals surface area contributed by atoms with Crippen molar-refractivity contribution in [1.29, 1.82) is 0 Å². The van der Waals surface area contributed by atoms with Crippen LogP contribution >= 0.6 is 0 Å². The smallest absolute Gasteiger partial charge is 0.0671 e. The minimum Gasteiger partial charge on any atom is -0.380 e. The molecular formula is C16H22N4. The molecule has 1 aliphatic rings. The van der Waals surface area contributed by atoms with E-state index >= 15 is 0 Å². The van der Waals surface area contributed by atoms with E-state index in [0.717, 1.165) is 25.1 Å². The molecule has 0 radical (unpaired) electrons. The van der Waals surface area contributed by atoms with Crippen LogP contribution in [0.4, 0.5) is 5.69 Å². The molecule has 0 aromatic carbocycles. The van der Waals surface area contributed by atoms with Crippen molar-refractivity contribution in [3.8, 4) is 0 Å². The van der Waals surface area contributed by atoms with Crippen molar-refractivity contribution in [1.82, 2.24) is 14.8 Å². The van der Waals surface area contributed by atoms with Gasteiger partial charge in [0.1, 0.15) is 0 Å². The SMILES string of the molecule is CCc1nn(C)cc1CNc1cnc2c(c1)CCCC2. The molecule has 2 aromatic heterocycles. The van der Waals surface area contributed by atoms with E-state index in [9.17, 15) is 0 Å². The number of hydrogen-bond donors (Lipinski definition) is 1. The molecule has 0 spiro atoms. The van der Waals surface area contributed by atoms with Crippen molar-refractivity contribution in [2.24, 2.45) is 7.05 Å². The number of anilines is 1. The van der Waals surface area contributed by atoms with E-state index in [1.807, 2.05) is 17.9 Å². The fourth-order valence-corrected chi connectivity index (χ4v) is 2.91. The molecule has 0 amide bonds. The summed E-state index contributed by atoms with van der Waals surface area (Å²) in [5, 5.41) is 7.96. The van der Waals surface area contributed by atoms with Gasteiger partial charge in [-0.3, -0.25) is 9.67 Å². The summed E-state index contributed by atoms with van der Waals surface area (Å²) >= 11 is 0. The first-order chi connectivity index (χ1) is 9.76. The lowest BCUT2D eigenvalue weighted by Crippen LogP contribution is -2.07. The minimum atomic E-state index is 0.817. The molecule has 1 aliphatic carbocycles. The second kappa shape index (κ2) is 5.65. The number of hydrogen-bond acceptors (Lipinski definition) is 3. The molecule has 0 unspecified atom stereocenters. The molecule has 20 heavy (non-hydrogen) atoms. The summed E-state index contributed by atoms with van der Waals surface area (Å²) in [4.78, 5) is 4.60. The van der Waals surface area contributed by atoms with Crippen molar-refractivity contribution < 1.29 is 0 Å². The predicted octanol–water partition coefficient (Wildman–Crippen LogP) is 2.87. The normalized spacial score (nSPS) is 14.1. The molecule has 4 heteroatoms. The van der Waals surface area contributed by atoms with Gasteiger partial charge in [0.2, 0.25) is 0 Å². The molecular weight excluding hydrogens is 248 g/mol. The Morgan fingerprint density at radius 2 is 2.15 bits per heavy atom. The standard InChI is InChI=1S/C16H22N4/c1-3-15-13(11-20(2)19-15)9-17-14-8-12-6-4-5-7-16(12)18-10-14/h8,10-11,17H,3-7,9H2,1-2H3. The van der Waals surface area contributed by atoms with Gasteiger partial charge in [-0.05, 0) is 43.7 Å². The van der Waals surface area contributed by atoms with Gasteiger partial charge >= 0.3 is 0 Å². The fourth-order valence-electron chi connectivity index (χ4n) is 2.91. The van der Waals surface area contributed by atoms with Crippen LogP contribution in [0.3, 0.4) is 0 Å². The second-order valence-electron chi connectivity index (χ2n) is 5.52. The molecule has 4 nitrogen and oxygen atoms in total. The van der Waals surface area contributed by atoms with E-state index in [1.54, 1.807) is 0 Å². The molecule has 0 saturated heterocycles. The van der Waals surface area contributed by atoms with Gasteiger partial charge in [-0.2, -0.15) is 5.10 Å². The van der Waals surface area contributed by atoms with Crippen LogP contribution in [0.1, 0.15) is 42.3 Å². The highest BCUT2D eigenvalue weighted by molar-refractivity contribution is 5.46. The number of aryl methyl sites for hydroxylation is 4. The molecule has 2 aromatic rings. The van der Waals surface area contributed by atoms with E-state index in [2.05, 4.69) is 34.6 Å². The predicted molar refractivity (Wildman–Crippen MR) is 80.8 cm³/mol.